The number of hydrogen-bond acceptors (Lipinski definition) is 5. The third kappa shape index (κ3) is 5.44. The second-order valence-electron chi connectivity index (χ2n) is 3.44. The van der Waals surface area contributed by atoms with E-state index >= 15 is 0 Å². The Labute approximate surface area is 91.2 Å². The van der Waals surface area contributed by atoms with Crippen LogP contribution in [0.15, 0.2) is 0 Å². The first-order valence-corrected chi connectivity index (χ1v) is 5.30. The molecule has 1 unspecified atom stereocenters. The van der Waals surface area contributed by atoms with E-state index < -0.39 is 0 Å². The maximum absolute atomic E-state index is 5.50. The van der Waals surface area contributed by atoms with E-state index in [-0.39, 0.29) is 6.29 Å². The van der Waals surface area contributed by atoms with Crippen LogP contribution >= 0.6 is 0 Å². The predicted octanol–water partition coefficient (Wildman–Crippen LogP) is -0.0459. The Bertz CT molecular complexity index is 150. The zero-order valence-electron chi connectivity index (χ0n) is 9.61. The van der Waals surface area contributed by atoms with Gasteiger partial charge < -0.3 is 18.9 Å². The molecular formula is C10H21NO4. The van der Waals surface area contributed by atoms with E-state index in [9.17, 15) is 0 Å². The van der Waals surface area contributed by atoms with Gasteiger partial charge in [0, 0.05) is 33.9 Å². The quantitative estimate of drug-likeness (QED) is 0.443. The molecule has 0 spiro atoms. The average Bonchev–Trinajstić information content (AvgIpc) is 2.29. The molecule has 0 aliphatic carbocycles. The van der Waals surface area contributed by atoms with Gasteiger partial charge in [-0.1, -0.05) is 0 Å². The standard InChI is InChI=1S/C10H21NO4/c1-12-7-8-15-10(13-2)9-11-3-5-14-6-4-11/h10H,3-9H2,1-2H3. The molecule has 0 bridgehead atoms. The normalized spacial score (nSPS) is 20.4. The van der Waals surface area contributed by atoms with Crippen molar-refractivity contribution in [2.45, 2.75) is 6.29 Å². The number of hydrogen-bond donors (Lipinski definition) is 0. The summed E-state index contributed by atoms with van der Waals surface area (Å²) in [5.74, 6) is 0. The Morgan fingerprint density at radius 2 is 1.93 bits per heavy atom. The van der Waals surface area contributed by atoms with Gasteiger partial charge in [-0.3, -0.25) is 4.90 Å². The van der Waals surface area contributed by atoms with Crippen LogP contribution in [0.5, 0.6) is 0 Å². The van der Waals surface area contributed by atoms with Crippen molar-refractivity contribution in [1.29, 1.82) is 0 Å². The van der Waals surface area contributed by atoms with Gasteiger partial charge in [0.15, 0.2) is 6.29 Å². The van der Waals surface area contributed by atoms with Gasteiger partial charge in [-0.25, -0.2) is 0 Å². The van der Waals surface area contributed by atoms with Crippen LogP contribution in [-0.4, -0.2) is 71.5 Å². The summed E-state index contributed by atoms with van der Waals surface area (Å²) in [5.41, 5.74) is 0. The van der Waals surface area contributed by atoms with Gasteiger partial charge in [0.1, 0.15) is 0 Å². The molecule has 1 aliphatic heterocycles. The molecule has 0 radical (unpaired) electrons. The molecule has 1 fully saturated rings. The fourth-order valence-corrected chi connectivity index (χ4v) is 1.45. The summed E-state index contributed by atoms with van der Waals surface area (Å²) in [6.45, 7) is 5.47. The van der Waals surface area contributed by atoms with Crippen LogP contribution in [-0.2, 0) is 18.9 Å². The lowest BCUT2D eigenvalue weighted by Crippen LogP contribution is -2.42. The van der Waals surface area contributed by atoms with E-state index in [2.05, 4.69) is 4.90 Å². The van der Waals surface area contributed by atoms with Crippen LogP contribution in [0.1, 0.15) is 0 Å². The molecule has 0 N–H and O–H groups in total. The zero-order chi connectivity index (χ0) is 10.9. The first-order valence-electron chi connectivity index (χ1n) is 5.30. The number of ether oxygens (including phenoxy) is 4. The van der Waals surface area contributed by atoms with Crippen LogP contribution in [0.4, 0.5) is 0 Å². The van der Waals surface area contributed by atoms with E-state index in [0.717, 1.165) is 32.8 Å². The number of rotatable bonds is 7. The Hall–Kier alpha value is -0.200. The van der Waals surface area contributed by atoms with E-state index in [4.69, 9.17) is 18.9 Å². The lowest BCUT2D eigenvalue weighted by Gasteiger charge is -2.29. The van der Waals surface area contributed by atoms with Gasteiger partial charge in [-0.15, -0.1) is 0 Å². The molecule has 5 nitrogen and oxygen atoms in total. The minimum atomic E-state index is -0.168. The second-order valence-corrected chi connectivity index (χ2v) is 3.44. The fourth-order valence-electron chi connectivity index (χ4n) is 1.45. The third-order valence-electron chi connectivity index (χ3n) is 2.37. The molecule has 1 rings (SSSR count). The molecule has 0 aromatic carbocycles. The average molecular weight is 219 g/mol. The Balaban J connectivity index is 2.13. The second kappa shape index (κ2) is 8.01. The molecule has 1 heterocycles. The molecule has 1 aliphatic rings. The fraction of sp³-hybridized carbons (Fsp3) is 1.00. The van der Waals surface area contributed by atoms with Crippen LogP contribution in [0.25, 0.3) is 0 Å². The van der Waals surface area contributed by atoms with Crippen molar-refractivity contribution in [3.63, 3.8) is 0 Å². The van der Waals surface area contributed by atoms with Gasteiger partial charge in [0.05, 0.1) is 26.4 Å². The highest BCUT2D eigenvalue weighted by molar-refractivity contribution is 4.63. The molecule has 0 amide bonds. The smallest absolute Gasteiger partial charge is 0.169 e. The van der Waals surface area contributed by atoms with E-state index in [1.165, 1.54) is 0 Å². The molecule has 0 saturated carbocycles. The summed E-state index contributed by atoms with van der Waals surface area (Å²) in [7, 11) is 3.32. The summed E-state index contributed by atoms with van der Waals surface area (Å²) in [6, 6.07) is 0. The molecule has 5 heteroatoms. The van der Waals surface area contributed by atoms with Gasteiger partial charge in [-0.05, 0) is 0 Å². The topological polar surface area (TPSA) is 40.2 Å². The predicted molar refractivity (Wildman–Crippen MR) is 55.9 cm³/mol. The molecule has 0 aromatic rings. The van der Waals surface area contributed by atoms with Gasteiger partial charge >= 0.3 is 0 Å². The van der Waals surface area contributed by atoms with Crippen LogP contribution in [0.3, 0.4) is 0 Å². The lowest BCUT2D eigenvalue weighted by molar-refractivity contribution is -0.148. The number of methoxy groups -OCH3 is 2. The largest absolute Gasteiger partial charge is 0.382 e. The summed E-state index contributed by atoms with van der Waals surface area (Å²) in [4.78, 5) is 2.28. The van der Waals surface area contributed by atoms with Crippen molar-refractivity contribution in [3.8, 4) is 0 Å². The first kappa shape index (κ1) is 12.9. The molecule has 1 saturated heterocycles. The van der Waals surface area contributed by atoms with Crippen LogP contribution < -0.4 is 0 Å². The van der Waals surface area contributed by atoms with Crippen molar-refractivity contribution >= 4 is 0 Å². The Morgan fingerprint density at radius 1 is 1.20 bits per heavy atom. The van der Waals surface area contributed by atoms with Gasteiger partial charge in [0.25, 0.3) is 0 Å². The highest BCUT2D eigenvalue weighted by atomic mass is 16.7. The number of nitrogens with zero attached hydrogens (tertiary/aromatic N) is 1. The number of morpholine rings is 1. The highest BCUT2D eigenvalue weighted by Crippen LogP contribution is 2.02. The highest BCUT2D eigenvalue weighted by Gasteiger charge is 2.16. The van der Waals surface area contributed by atoms with Crippen molar-refractivity contribution < 1.29 is 18.9 Å². The van der Waals surface area contributed by atoms with E-state index in [1.54, 1.807) is 14.2 Å². The molecule has 0 aromatic heterocycles. The molecule has 90 valence electrons. The minimum Gasteiger partial charge on any atom is -0.382 e. The summed E-state index contributed by atoms with van der Waals surface area (Å²) < 4.78 is 20.9. The van der Waals surface area contributed by atoms with Crippen molar-refractivity contribution in [2.24, 2.45) is 0 Å². The van der Waals surface area contributed by atoms with E-state index in [0.29, 0.717) is 13.2 Å². The SMILES string of the molecule is COCCOC(CN1CCOCC1)OC. The summed E-state index contributed by atoms with van der Waals surface area (Å²) >= 11 is 0. The summed E-state index contributed by atoms with van der Waals surface area (Å²) in [5, 5.41) is 0. The van der Waals surface area contributed by atoms with E-state index in [1.807, 2.05) is 0 Å². The van der Waals surface area contributed by atoms with Gasteiger partial charge in [0.2, 0.25) is 0 Å². The first-order chi connectivity index (χ1) is 7.36. The van der Waals surface area contributed by atoms with Crippen molar-refractivity contribution in [1.82, 2.24) is 4.90 Å². The van der Waals surface area contributed by atoms with Crippen molar-refractivity contribution in [3.05, 3.63) is 0 Å². The van der Waals surface area contributed by atoms with Crippen LogP contribution in [0, 0.1) is 0 Å². The zero-order valence-corrected chi connectivity index (χ0v) is 9.61. The summed E-state index contributed by atoms with van der Waals surface area (Å²) in [6.07, 6.45) is -0.168. The Morgan fingerprint density at radius 3 is 2.53 bits per heavy atom. The van der Waals surface area contributed by atoms with Crippen LogP contribution in [0.2, 0.25) is 0 Å². The Kier molecular flexibility index (Phi) is 6.87. The molecule has 1 atom stereocenters. The molecular weight excluding hydrogens is 198 g/mol. The maximum Gasteiger partial charge on any atom is 0.169 e. The third-order valence-corrected chi connectivity index (χ3v) is 2.37. The van der Waals surface area contributed by atoms with Gasteiger partial charge in [-0.2, -0.15) is 0 Å². The maximum atomic E-state index is 5.50. The van der Waals surface area contributed by atoms with Crippen molar-refractivity contribution in [2.75, 3.05) is 60.3 Å². The lowest BCUT2D eigenvalue weighted by atomic mass is 10.4. The monoisotopic (exact) mass is 219 g/mol. The minimum absolute atomic E-state index is 0.168. The molecule has 15 heavy (non-hydrogen) atoms.